The normalized spacial score (nSPS) is 10.5. The highest BCUT2D eigenvalue weighted by Crippen LogP contribution is 2.32. The van der Waals surface area contributed by atoms with E-state index >= 15 is 0 Å². The molecule has 3 rings (SSSR count). The van der Waals surface area contributed by atoms with Gasteiger partial charge in [-0.3, -0.25) is 4.79 Å². The van der Waals surface area contributed by atoms with Crippen molar-refractivity contribution in [3.8, 4) is 23.1 Å². The van der Waals surface area contributed by atoms with Gasteiger partial charge in [0, 0.05) is 22.4 Å². The number of hydrogen-bond donors (Lipinski definition) is 1. The van der Waals surface area contributed by atoms with Crippen LogP contribution in [-0.4, -0.2) is 24.6 Å². The molecule has 1 aromatic heterocycles. The van der Waals surface area contributed by atoms with Crippen molar-refractivity contribution in [1.82, 2.24) is 4.98 Å². The quantitative estimate of drug-likeness (QED) is 0.499. The van der Waals surface area contributed by atoms with Gasteiger partial charge in [0.15, 0.2) is 11.5 Å². The third-order valence-electron chi connectivity index (χ3n) is 3.68. The summed E-state index contributed by atoms with van der Waals surface area (Å²) in [7, 11) is 1.33. The van der Waals surface area contributed by atoms with Crippen molar-refractivity contribution in [3.63, 3.8) is 0 Å². The second-order valence-electron chi connectivity index (χ2n) is 5.61. The summed E-state index contributed by atoms with van der Waals surface area (Å²) in [5, 5.41) is 2.61. The number of anilines is 1. The van der Waals surface area contributed by atoms with Gasteiger partial charge in [-0.25, -0.2) is 4.98 Å². The first-order valence-electron chi connectivity index (χ1n) is 8.29. The lowest BCUT2D eigenvalue weighted by molar-refractivity contribution is -0.0511. The SMILES string of the molecule is COc1ccc(NC(=O)c2cccnc2Oc2ccc(Br)cc2)cc1OC(F)F. The second-order valence-corrected chi connectivity index (χ2v) is 6.53. The zero-order chi connectivity index (χ0) is 20.8. The maximum atomic E-state index is 12.7. The molecular formula is C20H15BrF2N2O4. The standard InChI is InChI=1S/C20H15BrF2N2O4/c1-27-16-9-6-13(11-17(16)29-20(22)23)25-18(26)15-3-2-10-24-19(15)28-14-7-4-12(21)5-8-14/h2-11,20H,1H3,(H,25,26). The Balaban J connectivity index is 1.81. The summed E-state index contributed by atoms with van der Waals surface area (Å²) >= 11 is 3.34. The van der Waals surface area contributed by atoms with Crippen molar-refractivity contribution in [1.29, 1.82) is 0 Å². The van der Waals surface area contributed by atoms with Crippen molar-refractivity contribution in [3.05, 3.63) is 70.8 Å². The van der Waals surface area contributed by atoms with E-state index in [0.29, 0.717) is 5.75 Å². The lowest BCUT2D eigenvalue weighted by Crippen LogP contribution is -2.14. The number of carbonyl (C=O) groups is 1. The summed E-state index contributed by atoms with van der Waals surface area (Å²) in [5.74, 6) is -0.0111. The Morgan fingerprint density at radius 3 is 2.55 bits per heavy atom. The van der Waals surface area contributed by atoms with Crippen LogP contribution in [0.4, 0.5) is 14.5 Å². The highest BCUT2D eigenvalue weighted by atomic mass is 79.9. The Morgan fingerprint density at radius 2 is 1.86 bits per heavy atom. The first-order chi connectivity index (χ1) is 14.0. The van der Waals surface area contributed by atoms with Crippen LogP contribution >= 0.6 is 15.9 Å². The Morgan fingerprint density at radius 1 is 1.10 bits per heavy atom. The average Bonchev–Trinajstić information content (AvgIpc) is 2.70. The summed E-state index contributed by atoms with van der Waals surface area (Å²) in [6.07, 6.45) is 1.49. The number of ether oxygens (including phenoxy) is 3. The highest BCUT2D eigenvalue weighted by Gasteiger charge is 2.17. The van der Waals surface area contributed by atoms with Gasteiger partial charge in [-0.2, -0.15) is 8.78 Å². The minimum absolute atomic E-state index is 0.102. The minimum atomic E-state index is -3.03. The summed E-state index contributed by atoms with van der Waals surface area (Å²) in [4.78, 5) is 16.8. The number of nitrogens with zero attached hydrogens (tertiary/aromatic N) is 1. The molecule has 0 saturated carbocycles. The number of alkyl halides is 2. The number of nitrogens with one attached hydrogen (secondary N) is 1. The van der Waals surface area contributed by atoms with Crippen molar-refractivity contribution in [2.75, 3.05) is 12.4 Å². The van der Waals surface area contributed by atoms with Crippen molar-refractivity contribution >= 4 is 27.5 Å². The van der Waals surface area contributed by atoms with E-state index in [1.165, 1.54) is 37.6 Å². The van der Waals surface area contributed by atoms with Gasteiger partial charge in [-0.1, -0.05) is 15.9 Å². The number of carbonyl (C=O) groups excluding carboxylic acids is 1. The summed E-state index contributed by atoms with van der Waals surface area (Å²) < 4.78 is 41.2. The minimum Gasteiger partial charge on any atom is -0.493 e. The molecule has 1 amide bonds. The van der Waals surface area contributed by atoms with Crippen molar-refractivity contribution < 1.29 is 27.8 Å². The number of rotatable bonds is 7. The number of pyridine rings is 1. The van der Waals surface area contributed by atoms with E-state index < -0.39 is 12.5 Å². The number of amides is 1. The third kappa shape index (κ3) is 5.41. The van der Waals surface area contributed by atoms with Gasteiger partial charge < -0.3 is 19.5 Å². The summed E-state index contributed by atoms with van der Waals surface area (Å²) in [5.41, 5.74) is 0.410. The lowest BCUT2D eigenvalue weighted by atomic mass is 10.2. The maximum absolute atomic E-state index is 12.7. The number of methoxy groups -OCH3 is 1. The summed E-state index contributed by atoms with van der Waals surface area (Å²) in [6.45, 7) is -3.03. The van der Waals surface area contributed by atoms with E-state index in [9.17, 15) is 13.6 Å². The number of hydrogen-bond acceptors (Lipinski definition) is 5. The molecule has 1 heterocycles. The predicted molar refractivity (Wildman–Crippen MR) is 106 cm³/mol. The molecule has 0 aliphatic carbocycles. The Hall–Kier alpha value is -3.20. The zero-order valence-electron chi connectivity index (χ0n) is 15.1. The molecular weight excluding hydrogens is 450 g/mol. The van der Waals surface area contributed by atoms with Crippen LogP contribution in [0.1, 0.15) is 10.4 Å². The second kappa shape index (κ2) is 9.33. The fraction of sp³-hybridized carbons (Fsp3) is 0.100. The zero-order valence-corrected chi connectivity index (χ0v) is 16.7. The molecule has 0 aliphatic heterocycles. The van der Waals surface area contributed by atoms with Crippen molar-refractivity contribution in [2.24, 2.45) is 0 Å². The number of aromatic nitrogens is 1. The predicted octanol–water partition coefficient (Wildman–Crippen LogP) is 5.50. The molecule has 0 bridgehead atoms. The van der Waals surface area contributed by atoms with Crippen LogP contribution in [0.25, 0.3) is 0 Å². The first kappa shape index (κ1) is 20.5. The Bertz CT molecular complexity index is 1000. The first-order valence-corrected chi connectivity index (χ1v) is 9.08. The third-order valence-corrected chi connectivity index (χ3v) is 4.21. The van der Waals surface area contributed by atoms with Gasteiger partial charge in [0.1, 0.15) is 11.3 Å². The van der Waals surface area contributed by atoms with Gasteiger partial charge in [0.05, 0.1) is 7.11 Å². The molecule has 3 aromatic rings. The molecule has 0 aliphatic rings. The molecule has 0 spiro atoms. The molecule has 0 atom stereocenters. The molecule has 0 unspecified atom stereocenters. The van der Waals surface area contributed by atoms with Crippen LogP contribution in [-0.2, 0) is 0 Å². The van der Waals surface area contributed by atoms with Gasteiger partial charge in [0.25, 0.3) is 5.91 Å². The van der Waals surface area contributed by atoms with E-state index in [1.807, 2.05) is 0 Å². The lowest BCUT2D eigenvalue weighted by Gasteiger charge is -2.13. The highest BCUT2D eigenvalue weighted by molar-refractivity contribution is 9.10. The van der Waals surface area contributed by atoms with Gasteiger partial charge >= 0.3 is 6.61 Å². The van der Waals surface area contributed by atoms with Gasteiger partial charge in [-0.05, 0) is 48.5 Å². The molecule has 0 radical (unpaired) electrons. The maximum Gasteiger partial charge on any atom is 0.387 e. The van der Waals surface area contributed by atoms with Crippen LogP contribution < -0.4 is 19.5 Å². The smallest absolute Gasteiger partial charge is 0.387 e. The fourth-order valence-corrected chi connectivity index (χ4v) is 2.66. The molecule has 0 saturated heterocycles. The topological polar surface area (TPSA) is 69.7 Å². The van der Waals surface area contributed by atoms with E-state index in [2.05, 4.69) is 31.0 Å². The number of benzene rings is 2. The molecule has 1 N–H and O–H groups in total. The van der Waals surface area contributed by atoms with Crippen LogP contribution in [0, 0.1) is 0 Å². The number of halogens is 3. The fourth-order valence-electron chi connectivity index (χ4n) is 2.40. The Labute approximate surface area is 173 Å². The molecule has 2 aromatic carbocycles. The molecule has 150 valence electrons. The van der Waals surface area contributed by atoms with Crippen LogP contribution in [0.2, 0.25) is 0 Å². The van der Waals surface area contributed by atoms with Gasteiger partial charge in [0.2, 0.25) is 5.88 Å². The van der Waals surface area contributed by atoms with Crippen LogP contribution in [0.5, 0.6) is 23.1 Å². The largest absolute Gasteiger partial charge is 0.493 e. The van der Waals surface area contributed by atoms with Crippen LogP contribution in [0.3, 0.4) is 0 Å². The molecule has 9 heteroatoms. The average molecular weight is 465 g/mol. The monoisotopic (exact) mass is 464 g/mol. The van der Waals surface area contributed by atoms with Crippen LogP contribution in [0.15, 0.2) is 65.3 Å². The molecule has 0 fully saturated rings. The van der Waals surface area contributed by atoms with E-state index in [-0.39, 0.29) is 28.6 Å². The van der Waals surface area contributed by atoms with E-state index in [1.54, 1.807) is 30.3 Å². The van der Waals surface area contributed by atoms with E-state index in [0.717, 1.165) is 4.47 Å². The Kier molecular flexibility index (Phi) is 6.61. The van der Waals surface area contributed by atoms with Crippen molar-refractivity contribution in [2.45, 2.75) is 6.61 Å². The molecule has 6 nitrogen and oxygen atoms in total. The van der Waals surface area contributed by atoms with E-state index in [4.69, 9.17) is 9.47 Å². The van der Waals surface area contributed by atoms with Gasteiger partial charge in [-0.15, -0.1) is 0 Å². The summed E-state index contributed by atoms with van der Waals surface area (Å²) in [6, 6.07) is 14.3. The molecule has 29 heavy (non-hydrogen) atoms.